The van der Waals surface area contributed by atoms with Crippen LogP contribution in [-0.2, 0) is 0 Å². The third-order valence-electron chi connectivity index (χ3n) is 4.38. The summed E-state index contributed by atoms with van der Waals surface area (Å²) in [6.07, 6.45) is 17.4. The summed E-state index contributed by atoms with van der Waals surface area (Å²) < 4.78 is 0. The molecule has 0 bridgehead atoms. The van der Waals surface area contributed by atoms with Crippen molar-refractivity contribution >= 4 is 0 Å². The zero-order chi connectivity index (χ0) is 15.3. The summed E-state index contributed by atoms with van der Waals surface area (Å²) in [6, 6.07) is 0. The van der Waals surface area contributed by atoms with Crippen LogP contribution in [0.4, 0.5) is 0 Å². The van der Waals surface area contributed by atoms with Gasteiger partial charge in [-0.05, 0) is 50.4 Å². The Kier molecular flexibility index (Phi) is 10.3. The van der Waals surface area contributed by atoms with Gasteiger partial charge in [-0.3, -0.25) is 0 Å². The average molecular weight is 290 g/mol. The van der Waals surface area contributed by atoms with Gasteiger partial charge in [0.15, 0.2) is 0 Å². The molecular weight excluding hydrogens is 256 g/mol. The molecule has 0 saturated heterocycles. The number of hydrogen-bond donors (Lipinski definition) is 1. The first kappa shape index (κ1) is 18.3. The molecule has 0 aliphatic heterocycles. The van der Waals surface area contributed by atoms with Gasteiger partial charge in [0, 0.05) is 6.42 Å². The van der Waals surface area contributed by atoms with Crippen LogP contribution in [0.2, 0.25) is 0 Å². The van der Waals surface area contributed by atoms with E-state index in [1.165, 1.54) is 51.4 Å². The number of unbranched alkanes of at least 4 members (excludes halogenated alkanes) is 4. The highest BCUT2D eigenvalue weighted by Crippen LogP contribution is 2.44. The van der Waals surface area contributed by atoms with Crippen molar-refractivity contribution in [2.45, 2.75) is 90.6 Å². The molecule has 0 radical (unpaired) electrons. The molecule has 1 saturated carbocycles. The molecule has 0 heterocycles. The lowest BCUT2D eigenvalue weighted by Crippen LogP contribution is -2.02. The normalized spacial score (nSPS) is 22.0. The first-order valence-electron chi connectivity index (χ1n) is 9.09. The predicted molar refractivity (Wildman–Crippen MR) is 92.0 cm³/mol. The van der Waals surface area contributed by atoms with Gasteiger partial charge in [-0.2, -0.15) is 0 Å². The molecule has 0 amide bonds. The Bertz CT molecular complexity index is 333. The highest BCUT2D eigenvalue weighted by atomic mass is 16.3. The first-order valence-corrected chi connectivity index (χ1v) is 9.09. The topological polar surface area (TPSA) is 20.2 Å². The van der Waals surface area contributed by atoms with Crippen molar-refractivity contribution in [2.24, 2.45) is 11.8 Å². The fraction of sp³-hybridized carbons (Fsp3) is 0.800. The molecule has 1 aliphatic carbocycles. The molecule has 0 aromatic rings. The fourth-order valence-electron chi connectivity index (χ4n) is 2.75. The van der Waals surface area contributed by atoms with Crippen molar-refractivity contribution in [2.75, 3.05) is 0 Å². The first-order chi connectivity index (χ1) is 10.3. The Morgan fingerprint density at radius 3 is 2.57 bits per heavy atom. The highest BCUT2D eigenvalue weighted by molar-refractivity contribution is 5.08. The van der Waals surface area contributed by atoms with Gasteiger partial charge in [-0.15, -0.1) is 5.92 Å². The quantitative estimate of drug-likeness (QED) is 0.303. The Hall–Kier alpha value is -0.740. The summed E-state index contributed by atoms with van der Waals surface area (Å²) in [7, 11) is 0. The van der Waals surface area contributed by atoms with Gasteiger partial charge in [0.1, 0.15) is 6.10 Å². The van der Waals surface area contributed by atoms with Crippen LogP contribution in [0.25, 0.3) is 0 Å². The van der Waals surface area contributed by atoms with E-state index in [1.54, 1.807) is 0 Å². The van der Waals surface area contributed by atoms with E-state index in [2.05, 4.69) is 37.8 Å². The summed E-state index contributed by atoms with van der Waals surface area (Å²) in [6.45, 7) is 4.43. The van der Waals surface area contributed by atoms with Crippen molar-refractivity contribution in [3.8, 4) is 11.8 Å². The molecule has 1 nitrogen and oxygen atoms in total. The monoisotopic (exact) mass is 290 g/mol. The van der Waals surface area contributed by atoms with E-state index in [9.17, 15) is 5.11 Å². The molecule has 1 heteroatoms. The van der Waals surface area contributed by atoms with Crippen molar-refractivity contribution in [3.05, 3.63) is 12.2 Å². The lowest BCUT2D eigenvalue weighted by molar-refractivity contribution is 0.217. The Morgan fingerprint density at radius 1 is 1.05 bits per heavy atom. The van der Waals surface area contributed by atoms with E-state index in [1.807, 2.05) is 0 Å². The Balaban J connectivity index is 2.00. The van der Waals surface area contributed by atoms with Gasteiger partial charge in [-0.25, -0.2) is 0 Å². The summed E-state index contributed by atoms with van der Waals surface area (Å²) in [5, 5.41) is 9.74. The van der Waals surface area contributed by atoms with Gasteiger partial charge in [-0.1, -0.05) is 57.6 Å². The molecular formula is C20H34O. The smallest absolute Gasteiger partial charge is 0.114 e. The molecule has 1 N–H and O–H groups in total. The highest BCUT2D eigenvalue weighted by Gasteiger charge is 2.34. The van der Waals surface area contributed by atoms with Gasteiger partial charge in [0.05, 0.1) is 0 Å². The minimum Gasteiger partial charge on any atom is -0.380 e. The molecule has 0 aromatic heterocycles. The largest absolute Gasteiger partial charge is 0.380 e. The zero-order valence-electron chi connectivity index (χ0n) is 14.1. The van der Waals surface area contributed by atoms with Crippen LogP contribution in [0.15, 0.2) is 12.2 Å². The summed E-state index contributed by atoms with van der Waals surface area (Å²) in [4.78, 5) is 0. The zero-order valence-corrected chi connectivity index (χ0v) is 14.1. The van der Waals surface area contributed by atoms with E-state index in [-0.39, 0.29) is 0 Å². The number of hydrogen-bond acceptors (Lipinski definition) is 1. The number of aliphatic hydroxyl groups is 1. The van der Waals surface area contributed by atoms with Crippen molar-refractivity contribution in [3.63, 3.8) is 0 Å². The van der Waals surface area contributed by atoms with Crippen molar-refractivity contribution in [1.82, 2.24) is 0 Å². The van der Waals surface area contributed by atoms with Crippen LogP contribution in [0, 0.1) is 23.7 Å². The van der Waals surface area contributed by atoms with Gasteiger partial charge < -0.3 is 5.11 Å². The summed E-state index contributed by atoms with van der Waals surface area (Å²) in [5.41, 5.74) is 0. The average Bonchev–Trinajstić information content (AvgIpc) is 3.21. The van der Waals surface area contributed by atoms with E-state index in [0.717, 1.165) is 31.1 Å². The molecule has 1 aliphatic rings. The van der Waals surface area contributed by atoms with Crippen LogP contribution in [0.5, 0.6) is 0 Å². The third kappa shape index (κ3) is 9.75. The van der Waals surface area contributed by atoms with E-state index >= 15 is 0 Å². The minimum atomic E-state index is -0.393. The van der Waals surface area contributed by atoms with Crippen LogP contribution >= 0.6 is 0 Å². The molecule has 1 fully saturated rings. The van der Waals surface area contributed by atoms with Crippen LogP contribution in [0.1, 0.15) is 84.5 Å². The molecule has 0 spiro atoms. The Morgan fingerprint density at radius 2 is 1.81 bits per heavy atom. The van der Waals surface area contributed by atoms with Gasteiger partial charge in [0.2, 0.25) is 0 Å². The summed E-state index contributed by atoms with van der Waals surface area (Å²) >= 11 is 0. The lowest BCUT2D eigenvalue weighted by Gasteiger charge is -2.01. The van der Waals surface area contributed by atoms with Crippen molar-refractivity contribution in [1.29, 1.82) is 0 Å². The van der Waals surface area contributed by atoms with E-state index in [0.29, 0.717) is 0 Å². The second kappa shape index (κ2) is 11.9. The van der Waals surface area contributed by atoms with Crippen LogP contribution in [0.3, 0.4) is 0 Å². The second-order valence-corrected chi connectivity index (χ2v) is 6.48. The number of allylic oxidation sites excluding steroid dienone is 2. The molecule has 3 unspecified atom stereocenters. The maximum absolute atomic E-state index is 9.74. The number of aliphatic hydroxyl groups excluding tert-OH is 1. The SMILES string of the molecule is CCCC/C=C/CCC1CC1CC#CC(O)CCCCC. The fourth-order valence-corrected chi connectivity index (χ4v) is 2.75. The maximum Gasteiger partial charge on any atom is 0.114 e. The van der Waals surface area contributed by atoms with Gasteiger partial charge in [0.25, 0.3) is 0 Å². The molecule has 21 heavy (non-hydrogen) atoms. The predicted octanol–water partition coefficient (Wildman–Crippen LogP) is 5.48. The standard InChI is InChI=1S/C20H34O/c1-3-5-7-8-9-11-13-18-17-19(18)14-12-16-20(21)15-10-6-4-2/h8-9,18-21H,3-7,10-11,13-15,17H2,1-2H3/b9-8+. The molecule has 0 aromatic carbocycles. The van der Waals surface area contributed by atoms with Crippen molar-refractivity contribution < 1.29 is 5.11 Å². The van der Waals surface area contributed by atoms with Gasteiger partial charge >= 0.3 is 0 Å². The number of rotatable bonds is 11. The maximum atomic E-state index is 9.74. The second-order valence-electron chi connectivity index (χ2n) is 6.48. The van der Waals surface area contributed by atoms with E-state index in [4.69, 9.17) is 0 Å². The Labute approximate surface area is 132 Å². The lowest BCUT2D eigenvalue weighted by atomic mass is 10.1. The molecule has 120 valence electrons. The third-order valence-corrected chi connectivity index (χ3v) is 4.38. The summed E-state index contributed by atoms with van der Waals surface area (Å²) in [5.74, 6) is 7.93. The molecule has 1 rings (SSSR count). The van der Waals surface area contributed by atoms with Crippen LogP contribution in [-0.4, -0.2) is 11.2 Å². The van der Waals surface area contributed by atoms with E-state index < -0.39 is 6.10 Å². The minimum absolute atomic E-state index is 0.393. The molecule has 3 atom stereocenters. The van der Waals surface area contributed by atoms with Crippen LogP contribution < -0.4 is 0 Å².